The predicted molar refractivity (Wildman–Crippen MR) is 96.5 cm³/mol. The molecule has 2 saturated heterocycles. The maximum atomic E-state index is 13.0. The number of rotatable bonds is 7. The van der Waals surface area contributed by atoms with Gasteiger partial charge in [0.15, 0.2) is 16.4 Å². The number of carbonyl (C=O) groups is 4. The molecule has 3 rings (SSSR count). The number of nitrogens with two attached hydrogens (primary N) is 1. The van der Waals surface area contributed by atoms with Crippen molar-refractivity contribution in [3.8, 4) is 0 Å². The highest BCUT2D eigenvalue weighted by molar-refractivity contribution is 7.13. The van der Waals surface area contributed by atoms with Crippen LogP contribution >= 0.6 is 11.3 Å². The van der Waals surface area contributed by atoms with Crippen molar-refractivity contribution in [3.63, 3.8) is 0 Å². The van der Waals surface area contributed by atoms with E-state index in [4.69, 9.17) is 15.3 Å². The number of hydroxylamine groups is 2. The number of ether oxygens (including phenoxy) is 1. The first kappa shape index (κ1) is 21.4. The molecule has 2 amide bonds. The topological polar surface area (TPSA) is 203 Å². The number of aliphatic hydroxyl groups excluding tert-OH is 1. The number of aliphatic hydroxyl groups is 1. The first-order chi connectivity index (χ1) is 14.2. The number of cyclic esters (lactones) is 1. The molecule has 3 heterocycles. The molecule has 0 aliphatic carbocycles. The van der Waals surface area contributed by atoms with E-state index in [0.717, 1.165) is 11.3 Å². The van der Waals surface area contributed by atoms with E-state index in [1.165, 1.54) is 12.5 Å². The van der Waals surface area contributed by atoms with Crippen LogP contribution in [-0.4, -0.2) is 81.3 Å². The van der Waals surface area contributed by atoms with Crippen LogP contribution in [0.4, 0.5) is 5.13 Å². The molecule has 2 fully saturated rings. The van der Waals surface area contributed by atoms with Gasteiger partial charge in [-0.05, 0) is 0 Å². The summed E-state index contributed by atoms with van der Waals surface area (Å²) in [6.07, 6.45) is -0.620. The molecule has 162 valence electrons. The number of carbonyl (C=O) groups excluding carboxylic acids is 3. The second-order valence-corrected chi connectivity index (χ2v) is 7.21. The van der Waals surface area contributed by atoms with Crippen LogP contribution in [0.1, 0.15) is 18.5 Å². The summed E-state index contributed by atoms with van der Waals surface area (Å²) in [4.78, 5) is 62.7. The number of hydrogen-bond donors (Lipinski definition) is 4. The monoisotopic (exact) mass is 443 g/mol. The standard InChI is InChI=1S/C15H17N5O9S/c1-27-19-9(7-4-30-13(16)17-7)10(23)18-14(5-21)6-28-20(11(14)24)15(12(25)26)3-2-8(22)29-15/h4,21H,2-3,5-6H2,1H3,(H2,16,17)(H,18,23)(H,25,26). The summed E-state index contributed by atoms with van der Waals surface area (Å²) in [6, 6.07) is 0. The first-order valence-corrected chi connectivity index (χ1v) is 9.26. The zero-order valence-corrected chi connectivity index (χ0v) is 16.3. The Morgan fingerprint density at radius 3 is 2.73 bits per heavy atom. The quantitative estimate of drug-likeness (QED) is 0.202. The molecule has 14 nitrogen and oxygen atoms in total. The van der Waals surface area contributed by atoms with Crippen LogP contribution in [-0.2, 0) is 33.6 Å². The highest BCUT2D eigenvalue weighted by Crippen LogP contribution is 2.36. The molecule has 1 aromatic heterocycles. The number of nitrogens with one attached hydrogen (secondary N) is 1. The minimum Gasteiger partial charge on any atom is -0.477 e. The molecule has 0 aromatic carbocycles. The lowest BCUT2D eigenvalue weighted by atomic mass is 9.99. The van der Waals surface area contributed by atoms with Gasteiger partial charge >= 0.3 is 17.7 Å². The molecule has 2 aliphatic heterocycles. The summed E-state index contributed by atoms with van der Waals surface area (Å²) in [5, 5.41) is 27.2. The number of aromatic nitrogens is 1. The van der Waals surface area contributed by atoms with Crippen LogP contribution in [0.3, 0.4) is 0 Å². The fourth-order valence-electron chi connectivity index (χ4n) is 2.91. The number of nitrogen functional groups attached to an aromatic ring is 1. The molecule has 0 bridgehead atoms. The molecule has 0 radical (unpaired) electrons. The van der Waals surface area contributed by atoms with E-state index in [0.29, 0.717) is 5.06 Å². The number of oxime groups is 1. The Bertz CT molecular complexity index is 933. The van der Waals surface area contributed by atoms with Gasteiger partial charge in [0.1, 0.15) is 19.4 Å². The lowest BCUT2D eigenvalue weighted by molar-refractivity contribution is -0.256. The number of anilines is 1. The summed E-state index contributed by atoms with van der Waals surface area (Å²) in [7, 11) is 1.18. The Balaban J connectivity index is 1.88. The molecule has 0 spiro atoms. The number of amides is 2. The number of carboxylic acid groups (broad SMARTS) is 1. The summed E-state index contributed by atoms with van der Waals surface area (Å²) in [5.41, 5.74) is 0.802. The molecule has 2 aliphatic rings. The van der Waals surface area contributed by atoms with Crippen molar-refractivity contribution in [2.45, 2.75) is 24.1 Å². The Hall–Kier alpha value is -3.30. The minimum atomic E-state index is -2.40. The van der Waals surface area contributed by atoms with Gasteiger partial charge in [0, 0.05) is 11.8 Å². The Morgan fingerprint density at radius 2 is 2.23 bits per heavy atom. The normalized spacial score (nSPS) is 26.6. The smallest absolute Gasteiger partial charge is 0.372 e. The molecule has 0 saturated carbocycles. The zero-order chi connectivity index (χ0) is 22.1. The third-order valence-corrected chi connectivity index (χ3v) is 5.11. The Morgan fingerprint density at radius 1 is 1.50 bits per heavy atom. The SMILES string of the molecule is CON=C(C(=O)NC1(CO)CON(C2(C(=O)O)CCC(=O)O2)C1=O)c1csc(N)n1. The molecular weight excluding hydrogens is 426 g/mol. The number of thiazole rings is 1. The van der Waals surface area contributed by atoms with Gasteiger partial charge in [-0.2, -0.15) is 5.06 Å². The van der Waals surface area contributed by atoms with Crippen molar-refractivity contribution < 1.29 is 43.8 Å². The first-order valence-electron chi connectivity index (χ1n) is 8.38. The van der Waals surface area contributed by atoms with Gasteiger partial charge in [0.25, 0.3) is 11.8 Å². The second-order valence-electron chi connectivity index (χ2n) is 6.32. The predicted octanol–water partition coefficient (Wildman–Crippen LogP) is -2.19. The Kier molecular flexibility index (Phi) is 5.60. The lowest BCUT2D eigenvalue weighted by Crippen LogP contribution is -2.63. The average Bonchev–Trinajstić information content (AvgIpc) is 3.39. The van der Waals surface area contributed by atoms with Crippen molar-refractivity contribution in [2.24, 2.45) is 5.16 Å². The number of hydrogen-bond acceptors (Lipinski definition) is 12. The van der Waals surface area contributed by atoms with E-state index in [1.54, 1.807) is 0 Å². The number of esters is 1. The van der Waals surface area contributed by atoms with E-state index in [1.807, 2.05) is 0 Å². The summed E-state index contributed by atoms with van der Waals surface area (Å²) in [6.45, 7) is -1.57. The summed E-state index contributed by atoms with van der Waals surface area (Å²) >= 11 is 1.03. The van der Waals surface area contributed by atoms with Crippen molar-refractivity contribution in [2.75, 3.05) is 26.1 Å². The van der Waals surface area contributed by atoms with E-state index < -0.39 is 48.2 Å². The second kappa shape index (κ2) is 7.85. The third kappa shape index (κ3) is 3.42. The van der Waals surface area contributed by atoms with Gasteiger partial charge in [-0.15, -0.1) is 11.3 Å². The van der Waals surface area contributed by atoms with Crippen LogP contribution < -0.4 is 11.1 Å². The number of nitrogens with zero attached hydrogens (tertiary/aromatic N) is 3. The van der Waals surface area contributed by atoms with E-state index in [2.05, 4.69) is 20.3 Å². The third-order valence-electron chi connectivity index (χ3n) is 4.43. The highest BCUT2D eigenvalue weighted by atomic mass is 32.1. The van der Waals surface area contributed by atoms with Crippen LogP contribution in [0.15, 0.2) is 10.5 Å². The van der Waals surface area contributed by atoms with Gasteiger partial charge in [-0.3, -0.25) is 19.2 Å². The lowest BCUT2D eigenvalue weighted by Gasteiger charge is -2.32. The van der Waals surface area contributed by atoms with Crippen LogP contribution in [0.2, 0.25) is 0 Å². The van der Waals surface area contributed by atoms with Crippen LogP contribution in [0.25, 0.3) is 0 Å². The van der Waals surface area contributed by atoms with Crippen molar-refractivity contribution >= 4 is 45.9 Å². The molecular formula is C15H17N5O9S. The van der Waals surface area contributed by atoms with E-state index in [-0.39, 0.29) is 29.4 Å². The largest absolute Gasteiger partial charge is 0.477 e. The van der Waals surface area contributed by atoms with Gasteiger partial charge in [0.2, 0.25) is 0 Å². The van der Waals surface area contributed by atoms with Crippen molar-refractivity contribution in [1.29, 1.82) is 0 Å². The van der Waals surface area contributed by atoms with Crippen LogP contribution in [0, 0.1) is 0 Å². The maximum Gasteiger partial charge on any atom is 0.372 e. The Labute approximate surface area is 172 Å². The van der Waals surface area contributed by atoms with Gasteiger partial charge < -0.3 is 30.8 Å². The van der Waals surface area contributed by atoms with Crippen LogP contribution in [0.5, 0.6) is 0 Å². The van der Waals surface area contributed by atoms with Crippen molar-refractivity contribution in [1.82, 2.24) is 15.4 Å². The molecule has 5 N–H and O–H groups in total. The molecule has 1 aromatic rings. The highest BCUT2D eigenvalue weighted by Gasteiger charge is 2.63. The van der Waals surface area contributed by atoms with E-state index >= 15 is 0 Å². The summed E-state index contributed by atoms with van der Waals surface area (Å²) in [5.74, 6) is -4.57. The molecule has 2 unspecified atom stereocenters. The van der Waals surface area contributed by atoms with E-state index in [9.17, 15) is 29.4 Å². The average molecular weight is 443 g/mol. The molecule has 2 atom stereocenters. The molecule has 30 heavy (non-hydrogen) atoms. The molecule has 15 heteroatoms. The van der Waals surface area contributed by atoms with Gasteiger partial charge in [-0.25, -0.2) is 9.78 Å². The maximum absolute atomic E-state index is 13.0. The van der Waals surface area contributed by atoms with Gasteiger partial charge in [0.05, 0.1) is 13.0 Å². The minimum absolute atomic E-state index is 0.0555. The number of aliphatic carboxylic acids is 1. The fourth-order valence-corrected chi connectivity index (χ4v) is 3.46. The fraction of sp³-hybridized carbons (Fsp3) is 0.467. The zero-order valence-electron chi connectivity index (χ0n) is 15.5. The summed E-state index contributed by atoms with van der Waals surface area (Å²) < 4.78 is 4.85. The van der Waals surface area contributed by atoms with Crippen molar-refractivity contribution in [3.05, 3.63) is 11.1 Å². The number of carboxylic acids is 1. The van der Waals surface area contributed by atoms with Gasteiger partial charge in [-0.1, -0.05) is 5.16 Å².